The number of likely N-dealkylation sites (N-methyl/N-ethyl adjacent to an activating group) is 1. The van der Waals surface area contributed by atoms with Crippen molar-refractivity contribution >= 4 is 36.3 Å². The van der Waals surface area contributed by atoms with Gasteiger partial charge in [-0.05, 0) is 67.1 Å². The molecule has 4 unspecified atom stereocenters. The first-order valence-corrected chi connectivity index (χ1v) is 14.6. The maximum atomic E-state index is 12.4. The van der Waals surface area contributed by atoms with Crippen molar-refractivity contribution in [2.24, 2.45) is 0 Å². The number of hydrogen-bond donors (Lipinski definition) is 2. The van der Waals surface area contributed by atoms with Gasteiger partial charge in [0, 0.05) is 42.7 Å². The summed E-state index contributed by atoms with van der Waals surface area (Å²) in [5.74, 6) is -1.32. The summed E-state index contributed by atoms with van der Waals surface area (Å²) < 4.78 is 20.1. The molecule has 2 heterocycles. The molecule has 0 aromatic heterocycles. The van der Waals surface area contributed by atoms with Crippen LogP contribution in [-0.2, 0) is 28.5 Å². The van der Waals surface area contributed by atoms with E-state index in [0.717, 1.165) is 0 Å². The maximum absolute atomic E-state index is 12.4. The Morgan fingerprint density at radius 3 is 1.56 bits per heavy atom. The Bertz CT molecular complexity index is 1220. The van der Waals surface area contributed by atoms with Gasteiger partial charge in [-0.15, -0.1) is 0 Å². The van der Waals surface area contributed by atoms with Gasteiger partial charge in [-0.25, -0.2) is 19.2 Å². The standard InChI is InChI=1S/C19H24N2O6.C12H22N2O4/c1-19(2,3)27-18(25)21-10-14(9-15(21)17(24)26-4)20-16(23)13-7-5-12(11-22)6-8-13;1-12(2,3)18-11(16)14-7-8(13-4)6-9(14)10(15)17-5/h5-8,11,14-15H,9-10H2,1-4H3,(H,20,23);8-9,13H,6-7H2,1-5H3. The fourth-order valence-electron chi connectivity index (χ4n) is 4.73. The van der Waals surface area contributed by atoms with Gasteiger partial charge in [-0.1, -0.05) is 12.1 Å². The first-order valence-electron chi connectivity index (χ1n) is 14.6. The Balaban J connectivity index is 0.000000341. The van der Waals surface area contributed by atoms with E-state index < -0.39 is 53.5 Å². The minimum atomic E-state index is -0.826. The monoisotopic (exact) mass is 634 g/mol. The number of esters is 2. The second-order valence-corrected chi connectivity index (χ2v) is 12.7. The Morgan fingerprint density at radius 1 is 0.756 bits per heavy atom. The number of nitrogens with zero attached hydrogens (tertiary/aromatic N) is 2. The van der Waals surface area contributed by atoms with Crippen molar-refractivity contribution in [3.05, 3.63) is 35.4 Å². The molecule has 250 valence electrons. The third-order valence-electron chi connectivity index (χ3n) is 6.86. The second kappa shape index (κ2) is 15.7. The molecule has 2 aliphatic heterocycles. The van der Waals surface area contributed by atoms with E-state index in [0.29, 0.717) is 30.4 Å². The van der Waals surface area contributed by atoms with Gasteiger partial charge in [-0.2, -0.15) is 0 Å². The molecule has 1 aromatic rings. The number of hydrogen-bond acceptors (Lipinski definition) is 11. The molecule has 0 saturated carbocycles. The zero-order valence-electron chi connectivity index (χ0n) is 27.5. The lowest BCUT2D eigenvalue weighted by Crippen LogP contribution is -2.44. The molecule has 3 rings (SSSR count). The van der Waals surface area contributed by atoms with Crippen LogP contribution in [0.5, 0.6) is 0 Å². The number of nitrogens with one attached hydrogen (secondary N) is 2. The number of methoxy groups -OCH3 is 2. The highest BCUT2D eigenvalue weighted by Gasteiger charge is 2.43. The van der Waals surface area contributed by atoms with Crippen molar-refractivity contribution < 1.29 is 47.7 Å². The normalized spacial score (nSPS) is 21.2. The molecule has 1 aromatic carbocycles. The van der Waals surface area contributed by atoms with Crippen LogP contribution < -0.4 is 10.6 Å². The van der Waals surface area contributed by atoms with E-state index in [1.165, 1.54) is 36.2 Å². The van der Waals surface area contributed by atoms with E-state index in [9.17, 15) is 28.8 Å². The smallest absolute Gasteiger partial charge is 0.411 e. The van der Waals surface area contributed by atoms with E-state index in [1.54, 1.807) is 60.7 Å². The Hall–Kier alpha value is -4.20. The molecule has 2 N–H and O–H groups in total. The molecule has 14 nitrogen and oxygen atoms in total. The van der Waals surface area contributed by atoms with E-state index in [-0.39, 0.29) is 24.9 Å². The van der Waals surface area contributed by atoms with Gasteiger partial charge in [0.15, 0.2) is 0 Å². The first kappa shape index (κ1) is 37.0. The van der Waals surface area contributed by atoms with Crippen molar-refractivity contribution in [3.63, 3.8) is 0 Å². The van der Waals surface area contributed by atoms with Crippen LogP contribution in [0.2, 0.25) is 0 Å². The number of likely N-dealkylation sites (tertiary alicyclic amines) is 2. The van der Waals surface area contributed by atoms with E-state index in [2.05, 4.69) is 10.6 Å². The summed E-state index contributed by atoms with van der Waals surface area (Å²) in [6, 6.07) is 4.42. The van der Waals surface area contributed by atoms with Crippen molar-refractivity contribution in [1.82, 2.24) is 20.4 Å². The summed E-state index contributed by atoms with van der Waals surface area (Å²) in [5, 5.41) is 5.87. The molecule has 3 amide bonds. The average molecular weight is 635 g/mol. The lowest BCUT2D eigenvalue weighted by molar-refractivity contribution is -0.146. The number of carbonyl (C=O) groups is 6. The van der Waals surface area contributed by atoms with Gasteiger partial charge in [0.2, 0.25) is 0 Å². The van der Waals surface area contributed by atoms with Crippen LogP contribution in [0.25, 0.3) is 0 Å². The SMILES string of the molecule is CNC1CC(C(=O)OC)N(C(=O)OC(C)(C)C)C1.COC(=O)C1CC(NC(=O)c2ccc(C=O)cc2)CN1C(=O)OC(C)(C)C. The van der Waals surface area contributed by atoms with E-state index >= 15 is 0 Å². The predicted octanol–water partition coefficient (Wildman–Crippen LogP) is 2.54. The van der Waals surface area contributed by atoms with Crippen molar-refractivity contribution in [2.45, 2.75) is 89.8 Å². The van der Waals surface area contributed by atoms with E-state index in [4.69, 9.17) is 18.9 Å². The molecule has 14 heteroatoms. The van der Waals surface area contributed by atoms with Gasteiger partial charge in [0.25, 0.3) is 5.91 Å². The molecular formula is C31H46N4O10. The largest absolute Gasteiger partial charge is 0.467 e. The summed E-state index contributed by atoms with van der Waals surface area (Å²) in [6.07, 6.45) is 0.353. The fraction of sp³-hybridized carbons (Fsp3) is 0.613. The molecular weight excluding hydrogens is 588 g/mol. The average Bonchev–Trinajstić information content (AvgIpc) is 3.60. The Morgan fingerprint density at radius 2 is 1.18 bits per heavy atom. The fourth-order valence-corrected chi connectivity index (χ4v) is 4.73. The number of benzene rings is 1. The van der Waals surface area contributed by atoms with Crippen LogP contribution in [0, 0.1) is 0 Å². The topological polar surface area (TPSA) is 170 Å². The van der Waals surface area contributed by atoms with Gasteiger partial charge in [0.1, 0.15) is 29.6 Å². The molecule has 0 radical (unpaired) electrons. The number of carbonyl (C=O) groups excluding carboxylic acids is 6. The zero-order valence-corrected chi connectivity index (χ0v) is 27.5. The Kier molecular flexibility index (Phi) is 12.9. The second-order valence-electron chi connectivity index (χ2n) is 12.7. The lowest BCUT2D eigenvalue weighted by Gasteiger charge is -2.27. The number of rotatable bonds is 6. The van der Waals surface area contributed by atoms with Crippen molar-refractivity contribution in [3.8, 4) is 0 Å². The third-order valence-corrected chi connectivity index (χ3v) is 6.86. The Labute approximate surface area is 264 Å². The highest BCUT2D eigenvalue weighted by Crippen LogP contribution is 2.24. The van der Waals surface area contributed by atoms with Crippen LogP contribution >= 0.6 is 0 Å². The van der Waals surface area contributed by atoms with Gasteiger partial charge in [0.05, 0.1) is 14.2 Å². The minimum absolute atomic E-state index is 0.0848. The summed E-state index contributed by atoms with van der Waals surface area (Å²) in [6.45, 7) is 11.2. The summed E-state index contributed by atoms with van der Waals surface area (Å²) >= 11 is 0. The summed E-state index contributed by atoms with van der Waals surface area (Å²) in [5.41, 5.74) is -0.435. The molecule has 2 saturated heterocycles. The highest BCUT2D eigenvalue weighted by molar-refractivity contribution is 5.95. The zero-order chi connectivity index (χ0) is 34.1. The third kappa shape index (κ3) is 11.0. The minimum Gasteiger partial charge on any atom is -0.467 e. The highest BCUT2D eigenvalue weighted by atomic mass is 16.6. The molecule has 45 heavy (non-hydrogen) atoms. The van der Waals surface area contributed by atoms with Crippen LogP contribution in [0.15, 0.2) is 24.3 Å². The van der Waals surface area contributed by atoms with Crippen molar-refractivity contribution in [1.29, 1.82) is 0 Å². The van der Waals surface area contributed by atoms with Crippen LogP contribution in [-0.4, -0.2) is 116 Å². The van der Waals surface area contributed by atoms with Crippen LogP contribution in [0.3, 0.4) is 0 Å². The summed E-state index contributed by atoms with van der Waals surface area (Å²) in [4.78, 5) is 73.9. The quantitative estimate of drug-likeness (QED) is 0.268. The van der Waals surface area contributed by atoms with E-state index in [1.807, 2.05) is 0 Å². The molecule has 2 aliphatic rings. The van der Waals surface area contributed by atoms with Gasteiger partial charge >= 0.3 is 24.1 Å². The molecule has 0 bridgehead atoms. The predicted molar refractivity (Wildman–Crippen MR) is 163 cm³/mol. The summed E-state index contributed by atoms with van der Waals surface area (Å²) in [7, 11) is 4.37. The lowest BCUT2D eigenvalue weighted by atomic mass is 10.1. The maximum Gasteiger partial charge on any atom is 0.411 e. The molecule has 0 spiro atoms. The first-order chi connectivity index (χ1) is 20.9. The van der Waals surface area contributed by atoms with Crippen LogP contribution in [0.1, 0.15) is 75.1 Å². The van der Waals surface area contributed by atoms with Gasteiger partial charge in [-0.3, -0.25) is 19.4 Å². The van der Waals surface area contributed by atoms with Gasteiger partial charge < -0.3 is 29.6 Å². The molecule has 0 aliphatic carbocycles. The number of amides is 3. The number of ether oxygens (including phenoxy) is 4. The van der Waals surface area contributed by atoms with Crippen LogP contribution in [0.4, 0.5) is 9.59 Å². The molecule has 4 atom stereocenters. The number of aldehydes is 1. The van der Waals surface area contributed by atoms with Crippen molar-refractivity contribution in [2.75, 3.05) is 34.4 Å². The molecule has 2 fully saturated rings.